The minimum Gasteiger partial charge on any atom is -0.468 e. The van der Waals surface area contributed by atoms with Crippen molar-refractivity contribution in [1.29, 1.82) is 0 Å². The van der Waals surface area contributed by atoms with E-state index in [-0.39, 0.29) is 16.3 Å². The summed E-state index contributed by atoms with van der Waals surface area (Å²) in [4.78, 5) is 14.0. The van der Waals surface area contributed by atoms with Gasteiger partial charge in [0, 0.05) is 25.2 Å². The maximum absolute atomic E-state index is 12.7. The predicted octanol–water partition coefficient (Wildman–Crippen LogP) is 2.67. The molecule has 0 spiro atoms. The normalized spacial score (nSPS) is 13.1. The summed E-state index contributed by atoms with van der Waals surface area (Å²) in [7, 11) is -3.63. The molecule has 3 heterocycles. The van der Waals surface area contributed by atoms with Crippen LogP contribution < -0.4 is 10.3 Å². The van der Waals surface area contributed by atoms with Crippen LogP contribution in [0.4, 0.5) is 0 Å². The van der Waals surface area contributed by atoms with Crippen LogP contribution in [0.25, 0.3) is 10.6 Å². The van der Waals surface area contributed by atoms with E-state index in [9.17, 15) is 13.2 Å². The second-order valence-electron chi connectivity index (χ2n) is 6.63. The van der Waals surface area contributed by atoms with Crippen LogP contribution in [0.15, 0.2) is 56.1 Å². The molecule has 0 radical (unpaired) electrons. The van der Waals surface area contributed by atoms with Crippen LogP contribution in [0.5, 0.6) is 0 Å². The molecule has 2 N–H and O–H groups in total. The number of aromatic nitrogens is 2. The molecule has 0 bridgehead atoms. The van der Waals surface area contributed by atoms with Crippen molar-refractivity contribution in [1.82, 2.24) is 19.8 Å². The van der Waals surface area contributed by atoms with E-state index in [1.807, 2.05) is 12.1 Å². The molecule has 3 rings (SSSR count). The molecule has 0 aliphatic rings. The Morgan fingerprint density at radius 3 is 2.76 bits per heavy atom. The van der Waals surface area contributed by atoms with Crippen molar-refractivity contribution in [2.45, 2.75) is 37.1 Å². The van der Waals surface area contributed by atoms with Gasteiger partial charge in [-0.3, -0.25) is 9.69 Å². The van der Waals surface area contributed by atoms with Gasteiger partial charge in [-0.2, -0.15) is 5.10 Å². The number of thiophene rings is 1. The summed E-state index contributed by atoms with van der Waals surface area (Å²) >= 11 is 1.11. The summed E-state index contributed by atoms with van der Waals surface area (Å²) in [5.41, 5.74) is 0.220. The second kappa shape index (κ2) is 9.49. The molecule has 10 heteroatoms. The SMILES string of the molecule is CC[C@@H](C)N(CCNS(=O)(=O)c1ccc(-c2ccc(=O)[nH]n2)s1)Cc1ccco1. The Bertz CT molecular complexity index is 1050. The van der Waals surface area contributed by atoms with Crippen LogP contribution in [-0.4, -0.2) is 42.6 Å². The number of sulfonamides is 1. The number of hydrogen-bond acceptors (Lipinski definition) is 7. The topological polar surface area (TPSA) is 108 Å². The smallest absolute Gasteiger partial charge is 0.264 e. The van der Waals surface area contributed by atoms with Crippen molar-refractivity contribution in [2.75, 3.05) is 13.1 Å². The van der Waals surface area contributed by atoms with Crippen LogP contribution in [0, 0.1) is 0 Å². The standard InChI is InChI=1S/C19H24N4O4S2/c1-3-14(2)23(13-15-5-4-12-27-15)11-10-20-29(25,26)19-9-7-17(28-19)16-6-8-18(24)22-21-16/h4-9,12,14,20H,3,10-11,13H2,1-2H3,(H,22,24)/t14-/m1/s1. The van der Waals surface area contributed by atoms with Gasteiger partial charge < -0.3 is 4.42 Å². The fourth-order valence-electron chi connectivity index (χ4n) is 2.79. The van der Waals surface area contributed by atoms with E-state index in [4.69, 9.17) is 4.42 Å². The third kappa shape index (κ3) is 5.63. The average molecular weight is 437 g/mol. The molecule has 8 nitrogen and oxygen atoms in total. The van der Waals surface area contributed by atoms with E-state index in [0.29, 0.717) is 29.7 Å². The Hall–Kier alpha value is -2.27. The van der Waals surface area contributed by atoms with E-state index in [0.717, 1.165) is 23.5 Å². The molecule has 0 aromatic carbocycles. The first kappa shape index (κ1) is 21.4. The molecule has 0 unspecified atom stereocenters. The van der Waals surface area contributed by atoms with Crippen molar-refractivity contribution in [2.24, 2.45) is 0 Å². The monoisotopic (exact) mass is 436 g/mol. The van der Waals surface area contributed by atoms with E-state index in [2.05, 4.69) is 33.7 Å². The fourth-order valence-corrected chi connectivity index (χ4v) is 5.14. The maximum atomic E-state index is 12.7. The molecule has 29 heavy (non-hydrogen) atoms. The molecule has 0 saturated heterocycles. The van der Waals surface area contributed by atoms with Crippen LogP contribution in [-0.2, 0) is 16.6 Å². The quantitative estimate of drug-likeness (QED) is 0.506. The highest BCUT2D eigenvalue weighted by Gasteiger charge is 2.19. The lowest BCUT2D eigenvalue weighted by Gasteiger charge is -2.27. The van der Waals surface area contributed by atoms with Gasteiger partial charge in [-0.25, -0.2) is 18.2 Å². The van der Waals surface area contributed by atoms with Gasteiger partial charge in [-0.1, -0.05) is 6.92 Å². The van der Waals surface area contributed by atoms with Crippen molar-refractivity contribution in [3.05, 3.63) is 58.8 Å². The first-order valence-corrected chi connectivity index (χ1v) is 11.6. The zero-order valence-corrected chi connectivity index (χ0v) is 17.9. The van der Waals surface area contributed by atoms with E-state index in [1.165, 1.54) is 6.07 Å². The van der Waals surface area contributed by atoms with Gasteiger partial charge in [0.2, 0.25) is 10.0 Å². The average Bonchev–Trinajstić information content (AvgIpc) is 3.39. The lowest BCUT2D eigenvalue weighted by atomic mass is 10.2. The Morgan fingerprint density at radius 1 is 1.28 bits per heavy atom. The summed E-state index contributed by atoms with van der Waals surface area (Å²) in [5.74, 6) is 0.851. The molecule has 0 aliphatic carbocycles. The summed E-state index contributed by atoms with van der Waals surface area (Å²) in [5, 5.41) is 6.29. The minimum atomic E-state index is -3.63. The van der Waals surface area contributed by atoms with E-state index < -0.39 is 10.0 Å². The highest BCUT2D eigenvalue weighted by molar-refractivity contribution is 7.91. The predicted molar refractivity (Wildman–Crippen MR) is 112 cm³/mol. The van der Waals surface area contributed by atoms with Gasteiger partial charge in [0.15, 0.2) is 0 Å². The Labute approximate surface area is 173 Å². The number of H-pyrrole nitrogens is 1. The summed E-state index contributed by atoms with van der Waals surface area (Å²) in [6.07, 6.45) is 2.59. The highest BCUT2D eigenvalue weighted by atomic mass is 32.2. The van der Waals surface area contributed by atoms with Crippen LogP contribution in [0.1, 0.15) is 26.0 Å². The lowest BCUT2D eigenvalue weighted by Crippen LogP contribution is -2.39. The fraction of sp³-hybridized carbons (Fsp3) is 0.368. The molecule has 1 atom stereocenters. The second-order valence-corrected chi connectivity index (χ2v) is 9.71. The molecular formula is C19H24N4O4S2. The molecule has 3 aromatic rings. The largest absolute Gasteiger partial charge is 0.468 e. The lowest BCUT2D eigenvalue weighted by molar-refractivity contribution is 0.184. The van der Waals surface area contributed by atoms with Crippen LogP contribution in [0.2, 0.25) is 0 Å². The Balaban J connectivity index is 1.63. The van der Waals surface area contributed by atoms with Crippen molar-refractivity contribution in [3.63, 3.8) is 0 Å². The molecule has 0 fully saturated rings. The van der Waals surface area contributed by atoms with Crippen molar-refractivity contribution >= 4 is 21.4 Å². The first-order chi connectivity index (χ1) is 13.9. The van der Waals surface area contributed by atoms with E-state index in [1.54, 1.807) is 24.5 Å². The first-order valence-electron chi connectivity index (χ1n) is 9.31. The van der Waals surface area contributed by atoms with Gasteiger partial charge in [-0.15, -0.1) is 11.3 Å². The summed E-state index contributed by atoms with van der Waals surface area (Å²) < 4.78 is 33.6. The zero-order valence-electron chi connectivity index (χ0n) is 16.3. The number of nitrogens with one attached hydrogen (secondary N) is 2. The van der Waals surface area contributed by atoms with Gasteiger partial charge >= 0.3 is 0 Å². The highest BCUT2D eigenvalue weighted by Crippen LogP contribution is 2.28. The minimum absolute atomic E-state index is 0.210. The van der Waals surface area contributed by atoms with Gasteiger partial charge in [-0.05, 0) is 43.7 Å². The Morgan fingerprint density at radius 2 is 2.10 bits per heavy atom. The van der Waals surface area contributed by atoms with Crippen LogP contribution in [0.3, 0.4) is 0 Å². The summed E-state index contributed by atoms with van der Waals surface area (Å²) in [6, 6.07) is 10.2. The molecule has 0 aliphatic heterocycles. The van der Waals surface area contributed by atoms with Gasteiger partial charge in [0.1, 0.15) is 15.7 Å². The number of hydrogen-bond donors (Lipinski definition) is 2. The molecular weight excluding hydrogens is 412 g/mol. The third-order valence-electron chi connectivity index (χ3n) is 4.62. The van der Waals surface area contributed by atoms with Crippen LogP contribution >= 0.6 is 11.3 Å². The van der Waals surface area contributed by atoms with Crippen molar-refractivity contribution < 1.29 is 12.8 Å². The number of rotatable bonds is 10. The molecule has 0 saturated carbocycles. The maximum Gasteiger partial charge on any atom is 0.264 e. The van der Waals surface area contributed by atoms with Gasteiger partial charge in [0.25, 0.3) is 5.56 Å². The molecule has 3 aromatic heterocycles. The summed E-state index contributed by atoms with van der Waals surface area (Å²) in [6.45, 7) is 5.69. The van der Waals surface area contributed by atoms with Crippen molar-refractivity contribution in [3.8, 4) is 10.6 Å². The molecule has 0 amide bonds. The number of aromatic amines is 1. The number of furan rings is 1. The molecule has 156 valence electrons. The van der Waals surface area contributed by atoms with E-state index >= 15 is 0 Å². The zero-order chi connectivity index (χ0) is 20.9. The Kier molecular flexibility index (Phi) is 7.01. The number of nitrogens with zero attached hydrogens (tertiary/aromatic N) is 2. The van der Waals surface area contributed by atoms with Gasteiger partial charge in [0.05, 0.1) is 17.7 Å². The third-order valence-corrected chi connectivity index (χ3v) is 7.68.